The van der Waals surface area contributed by atoms with Gasteiger partial charge in [0, 0.05) is 11.7 Å². The van der Waals surface area contributed by atoms with Crippen molar-refractivity contribution in [1.29, 1.82) is 0 Å². The molecule has 1 aromatic carbocycles. The Hall–Kier alpha value is -1.02. The van der Waals surface area contributed by atoms with Crippen molar-refractivity contribution in [3.05, 3.63) is 28.8 Å². The van der Waals surface area contributed by atoms with Crippen molar-refractivity contribution in [1.82, 2.24) is 4.90 Å². The average Bonchev–Trinajstić information content (AvgIpc) is 2.52. The lowest BCUT2D eigenvalue weighted by atomic mass is 9.79. The lowest BCUT2D eigenvalue weighted by Crippen LogP contribution is -2.41. The summed E-state index contributed by atoms with van der Waals surface area (Å²) in [7, 11) is 0. The van der Waals surface area contributed by atoms with Crippen molar-refractivity contribution in [2.24, 2.45) is 0 Å². The van der Waals surface area contributed by atoms with Gasteiger partial charge in [0.2, 0.25) is 0 Å². The summed E-state index contributed by atoms with van der Waals surface area (Å²) in [5, 5.41) is 0. The Morgan fingerprint density at radius 1 is 0.905 bits per heavy atom. The third-order valence-corrected chi connectivity index (χ3v) is 5.70. The molecule has 1 saturated carbocycles. The Bertz CT molecular complexity index is 481. The third-order valence-electron chi connectivity index (χ3n) is 5.70. The fraction of sp³-hybridized carbons (Fsp3) is 0.684. The molecule has 3 rings (SSSR count). The highest BCUT2D eigenvalue weighted by atomic mass is 15.2. The van der Waals surface area contributed by atoms with E-state index in [1.807, 2.05) is 0 Å². The van der Waals surface area contributed by atoms with Gasteiger partial charge in [0.15, 0.2) is 0 Å². The largest absolute Gasteiger partial charge is 0.399 e. The number of hydrogen-bond donors (Lipinski definition) is 1. The first kappa shape index (κ1) is 14.9. The molecule has 2 fully saturated rings. The second-order valence-corrected chi connectivity index (χ2v) is 7.17. The van der Waals surface area contributed by atoms with Crippen molar-refractivity contribution in [3.8, 4) is 0 Å². The molecule has 1 aromatic rings. The van der Waals surface area contributed by atoms with Crippen molar-refractivity contribution < 1.29 is 0 Å². The van der Waals surface area contributed by atoms with Gasteiger partial charge >= 0.3 is 0 Å². The molecule has 0 radical (unpaired) electrons. The van der Waals surface area contributed by atoms with Crippen molar-refractivity contribution in [2.75, 3.05) is 18.8 Å². The molecule has 1 aliphatic heterocycles. The second kappa shape index (κ2) is 6.39. The molecule has 0 unspecified atom stereocenters. The summed E-state index contributed by atoms with van der Waals surface area (Å²) in [6.07, 6.45) is 9.74. The molecular weight excluding hydrogens is 256 g/mol. The van der Waals surface area contributed by atoms with Crippen LogP contribution in [0.15, 0.2) is 12.1 Å². The van der Waals surface area contributed by atoms with E-state index in [4.69, 9.17) is 5.73 Å². The molecule has 0 aromatic heterocycles. The van der Waals surface area contributed by atoms with E-state index in [-0.39, 0.29) is 0 Å². The van der Waals surface area contributed by atoms with Gasteiger partial charge in [-0.25, -0.2) is 0 Å². The first-order chi connectivity index (χ1) is 10.1. The van der Waals surface area contributed by atoms with E-state index in [1.54, 1.807) is 5.56 Å². The molecule has 116 valence electrons. The minimum Gasteiger partial charge on any atom is -0.399 e. The molecule has 0 spiro atoms. The molecule has 2 heteroatoms. The van der Waals surface area contributed by atoms with Crippen LogP contribution in [0.5, 0.6) is 0 Å². The smallest absolute Gasteiger partial charge is 0.0346 e. The Morgan fingerprint density at radius 2 is 1.57 bits per heavy atom. The topological polar surface area (TPSA) is 29.3 Å². The maximum atomic E-state index is 6.03. The normalized spacial score (nSPS) is 27.7. The molecule has 1 saturated heterocycles. The molecule has 0 amide bonds. The quantitative estimate of drug-likeness (QED) is 0.817. The van der Waals surface area contributed by atoms with Crippen LogP contribution in [0.4, 0.5) is 5.69 Å². The fourth-order valence-electron chi connectivity index (χ4n) is 4.34. The van der Waals surface area contributed by atoms with Crippen LogP contribution in [0.1, 0.15) is 67.6 Å². The lowest BCUT2D eigenvalue weighted by molar-refractivity contribution is 0.125. The Balaban J connectivity index is 1.64. The molecule has 1 aliphatic carbocycles. The van der Waals surface area contributed by atoms with E-state index >= 15 is 0 Å². The molecule has 2 N–H and O–H groups in total. The molecular formula is C19H30N2. The van der Waals surface area contributed by atoms with Crippen molar-refractivity contribution in [2.45, 2.75) is 70.8 Å². The number of piperidine rings is 1. The van der Waals surface area contributed by atoms with Crippen LogP contribution in [0, 0.1) is 13.8 Å². The summed E-state index contributed by atoms with van der Waals surface area (Å²) in [5.41, 5.74) is 11.2. The average molecular weight is 286 g/mol. The van der Waals surface area contributed by atoms with Crippen LogP contribution in [-0.2, 0) is 0 Å². The number of aryl methyl sites for hydroxylation is 2. The SMILES string of the molecule is Cc1cc([C@H]2CC[C@H](N3CCCCC3)CC2)c(C)cc1N. The minimum absolute atomic E-state index is 0.755. The Morgan fingerprint density at radius 3 is 2.24 bits per heavy atom. The van der Waals surface area contributed by atoms with Gasteiger partial charge in [0.05, 0.1) is 0 Å². The van der Waals surface area contributed by atoms with Crippen LogP contribution >= 0.6 is 0 Å². The van der Waals surface area contributed by atoms with Gasteiger partial charge in [-0.15, -0.1) is 0 Å². The number of benzene rings is 1. The molecule has 0 atom stereocenters. The van der Waals surface area contributed by atoms with Gasteiger partial charge in [-0.1, -0.05) is 12.5 Å². The van der Waals surface area contributed by atoms with E-state index in [1.165, 1.54) is 69.2 Å². The summed E-state index contributed by atoms with van der Waals surface area (Å²) in [6, 6.07) is 5.37. The maximum absolute atomic E-state index is 6.03. The van der Waals surface area contributed by atoms with Crippen molar-refractivity contribution >= 4 is 5.69 Å². The summed E-state index contributed by atoms with van der Waals surface area (Å²) >= 11 is 0. The lowest BCUT2D eigenvalue weighted by Gasteiger charge is -2.39. The number of rotatable bonds is 2. The first-order valence-corrected chi connectivity index (χ1v) is 8.76. The zero-order chi connectivity index (χ0) is 14.8. The van der Waals surface area contributed by atoms with E-state index in [0.717, 1.165) is 17.6 Å². The Labute approximate surface area is 129 Å². The Kier molecular flexibility index (Phi) is 4.54. The third kappa shape index (κ3) is 3.26. The van der Waals surface area contributed by atoms with Crippen LogP contribution in [-0.4, -0.2) is 24.0 Å². The maximum Gasteiger partial charge on any atom is 0.0346 e. The summed E-state index contributed by atoms with van der Waals surface area (Å²) in [4.78, 5) is 2.76. The number of anilines is 1. The van der Waals surface area contributed by atoms with Crippen LogP contribution < -0.4 is 5.73 Å². The van der Waals surface area contributed by atoms with Gasteiger partial charge in [-0.3, -0.25) is 0 Å². The van der Waals surface area contributed by atoms with E-state index in [2.05, 4.69) is 30.9 Å². The highest BCUT2D eigenvalue weighted by Crippen LogP contribution is 2.37. The molecule has 1 heterocycles. The molecule has 2 aliphatic rings. The predicted molar refractivity (Wildman–Crippen MR) is 90.7 cm³/mol. The zero-order valence-electron chi connectivity index (χ0n) is 13.7. The van der Waals surface area contributed by atoms with Gasteiger partial charge in [0.25, 0.3) is 0 Å². The van der Waals surface area contributed by atoms with Gasteiger partial charge < -0.3 is 10.6 Å². The van der Waals surface area contributed by atoms with Crippen molar-refractivity contribution in [3.63, 3.8) is 0 Å². The highest BCUT2D eigenvalue weighted by molar-refractivity contribution is 5.52. The van der Waals surface area contributed by atoms with Crippen LogP contribution in [0.25, 0.3) is 0 Å². The predicted octanol–water partition coefficient (Wildman–Crippen LogP) is 4.40. The second-order valence-electron chi connectivity index (χ2n) is 7.17. The summed E-state index contributed by atoms with van der Waals surface area (Å²) in [5.74, 6) is 0.755. The first-order valence-electron chi connectivity index (χ1n) is 8.76. The highest BCUT2D eigenvalue weighted by Gasteiger charge is 2.28. The standard InChI is InChI=1S/C19H30N2/c1-14-13-19(20)15(2)12-18(14)16-6-8-17(9-7-16)21-10-4-3-5-11-21/h12-13,16-17H,3-11,20H2,1-2H3/t16-,17-. The number of hydrogen-bond acceptors (Lipinski definition) is 2. The van der Waals surface area contributed by atoms with E-state index < -0.39 is 0 Å². The van der Waals surface area contributed by atoms with Gasteiger partial charge in [-0.05, 0) is 94.1 Å². The fourth-order valence-corrected chi connectivity index (χ4v) is 4.34. The molecule has 0 bridgehead atoms. The summed E-state index contributed by atoms with van der Waals surface area (Å²) in [6.45, 7) is 7.05. The zero-order valence-corrected chi connectivity index (χ0v) is 13.7. The van der Waals surface area contributed by atoms with Gasteiger partial charge in [-0.2, -0.15) is 0 Å². The monoisotopic (exact) mass is 286 g/mol. The van der Waals surface area contributed by atoms with Crippen LogP contribution in [0.3, 0.4) is 0 Å². The summed E-state index contributed by atoms with van der Waals surface area (Å²) < 4.78 is 0. The number of likely N-dealkylation sites (tertiary alicyclic amines) is 1. The molecule has 21 heavy (non-hydrogen) atoms. The number of nitrogens with two attached hydrogens (primary N) is 1. The van der Waals surface area contributed by atoms with Crippen LogP contribution in [0.2, 0.25) is 0 Å². The number of nitrogens with zero attached hydrogens (tertiary/aromatic N) is 1. The molecule has 2 nitrogen and oxygen atoms in total. The van der Waals surface area contributed by atoms with E-state index in [9.17, 15) is 0 Å². The van der Waals surface area contributed by atoms with E-state index in [0.29, 0.717) is 0 Å². The minimum atomic E-state index is 0.755. The van der Waals surface area contributed by atoms with Gasteiger partial charge in [0.1, 0.15) is 0 Å². The number of nitrogen functional groups attached to an aromatic ring is 1.